The molecule has 0 aromatic heterocycles. The highest BCUT2D eigenvalue weighted by Gasteiger charge is 2.20. The Kier molecular flexibility index (Phi) is 6.69. The van der Waals surface area contributed by atoms with Crippen molar-refractivity contribution in [2.24, 2.45) is 5.73 Å². The van der Waals surface area contributed by atoms with Crippen LogP contribution in [0.1, 0.15) is 32.6 Å². The number of carbonyl (C=O) groups excluding carboxylic acids is 1. The van der Waals surface area contributed by atoms with E-state index >= 15 is 0 Å². The van der Waals surface area contributed by atoms with Crippen LogP contribution in [-0.4, -0.2) is 54.5 Å². The van der Waals surface area contributed by atoms with Crippen LogP contribution in [0.15, 0.2) is 0 Å². The zero-order chi connectivity index (χ0) is 13.4. The Hall–Kier alpha value is -1.12. The average molecular weight is 252 g/mol. The molecule has 5 nitrogen and oxygen atoms in total. The van der Waals surface area contributed by atoms with Crippen LogP contribution in [0.4, 0.5) is 0 Å². The molecule has 1 aliphatic rings. The van der Waals surface area contributed by atoms with E-state index in [-0.39, 0.29) is 11.9 Å². The molecule has 0 aromatic carbocycles. The van der Waals surface area contributed by atoms with Crippen molar-refractivity contribution in [3.8, 4) is 6.07 Å². The highest BCUT2D eigenvalue weighted by molar-refractivity contribution is 5.76. The quantitative estimate of drug-likeness (QED) is 0.749. The largest absolute Gasteiger partial charge is 0.340 e. The number of nitrogens with two attached hydrogens (primary N) is 1. The first-order valence-electron chi connectivity index (χ1n) is 6.76. The van der Waals surface area contributed by atoms with E-state index in [9.17, 15) is 4.79 Å². The summed E-state index contributed by atoms with van der Waals surface area (Å²) in [5.74, 6) is 0.246. The second-order valence-corrected chi connectivity index (χ2v) is 5.00. The van der Waals surface area contributed by atoms with E-state index in [1.54, 1.807) is 0 Å². The molecule has 1 fully saturated rings. The number of amides is 1. The lowest BCUT2D eigenvalue weighted by Crippen LogP contribution is -2.48. The summed E-state index contributed by atoms with van der Waals surface area (Å²) in [7, 11) is 0. The number of nitrogens with zero attached hydrogens (tertiary/aromatic N) is 3. The molecule has 0 aromatic rings. The summed E-state index contributed by atoms with van der Waals surface area (Å²) in [5.41, 5.74) is 5.66. The van der Waals surface area contributed by atoms with Crippen molar-refractivity contribution in [3.05, 3.63) is 0 Å². The molecule has 0 aliphatic carbocycles. The van der Waals surface area contributed by atoms with E-state index < -0.39 is 0 Å². The molecule has 5 heteroatoms. The van der Waals surface area contributed by atoms with Crippen LogP contribution in [0.25, 0.3) is 0 Å². The minimum atomic E-state index is 0.181. The van der Waals surface area contributed by atoms with Gasteiger partial charge in [0.05, 0.1) is 6.07 Å². The van der Waals surface area contributed by atoms with Gasteiger partial charge >= 0.3 is 0 Å². The van der Waals surface area contributed by atoms with Crippen molar-refractivity contribution >= 4 is 5.91 Å². The fourth-order valence-electron chi connectivity index (χ4n) is 2.16. The van der Waals surface area contributed by atoms with Crippen LogP contribution in [0, 0.1) is 11.3 Å². The van der Waals surface area contributed by atoms with Crippen molar-refractivity contribution in [3.63, 3.8) is 0 Å². The van der Waals surface area contributed by atoms with E-state index in [1.165, 1.54) is 0 Å². The van der Waals surface area contributed by atoms with Crippen molar-refractivity contribution in [2.75, 3.05) is 32.7 Å². The Morgan fingerprint density at radius 1 is 1.39 bits per heavy atom. The monoisotopic (exact) mass is 252 g/mol. The highest BCUT2D eigenvalue weighted by Crippen LogP contribution is 2.07. The number of nitriles is 1. The number of rotatable bonds is 6. The molecule has 1 atom stereocenters. The molecule has 0 bridgehead atoms. The van der Waals surface area contributed by atoms with Crippen LogP contribution in [0.2, 0.25) is 0 Å². The fourth-order valence-corrected chi connectivity index (χ4v) is 2.16. The van der Waals surface area contributed by atoms with Crippen LogP contribution < -0.4 is 5.73 Å². The number of hydrogen-bond acceptors (Lipinski definition) is 4. The van der Waals surface area contributed by atoms with E-state index in [1.807, 2.05) is 11.8 Å². The van der Waals surface area contributed by atoms with E-state index in [2.05, 4.69) is 11.0 Å². The molecule has 0 spiro atoms. The molecule has 102 valence electrons. The van der Waals surface area contributed by atoms with Crippen LogP contribution in [-0.2, 0) is 4.79 Å². The van der Waals surface area contributed by atoms with Gasteiger partial charge in [-0.25, -0.2) is 0 Å². The third-order valence-electron chi connectivity index (χ3n) is 3.31. The van der Waals surface area contributed by atoms with Crippen molar-refractivity contribution in [1.29, 1.82) is 5.26 Å². The Bertz CT molecular complexity index is 290. The smallest absolute Gasteiger partial charge is 0.222 e. The third kappa shape index (κ3) is 5.48. The van der Waals surface area contributed by atoms with Gasteiger partial charge < -0.3 is 10.6 Å². The topological polar surface area (TPSA) is 73.4 Å². The van der Waals surface area contributed by atoms with Gasteiger partial charge in [-0.3, -0.25) is 9.69 Å². The van der Waals surface area contributed by atoms with E-state index in [4.69, 9.17) is 11.0 Å². The van der Waals surface area contributed by atoms with Crippen LogP contribution in [0.5, 0.6) is 0 Å². The molecule has 1 rings (SSSR count). The molecule has 0 saturated carbocycles. The molecule has 1 heterocycles. The third-order valence-corrected chi connectivity index (χ3v) is 3.31. The number of hydrogen-bond donors (Lipinski definition) is 1. The molecular weight excluding hydrogens is 228 g/mol. The normalized spacial score (nSPS) is 18.4. The maximum absolute atomic E-state index is 11.9. The van der Waals surface area contributed by atoms with Crippen molar-refractivity contribution in [1.82, 2.24) is 9.80 Å². The first-order valence-corrected chi connectivity index (χ1v) is 6.76. The molecule has 1 amide bonds. The number of carbonyl (C=O) groups is 1. The summed E-state index contributed by atoms with van der Waals surface area (Å²) in [4.78, 5) is 16.1. The Balaban J connectivity index is 2.17. The Morgan fingerprint density at radius 2 is 2.06 bits per heavy atom. The second-order valence-electron chi connectivity index (χ2n) is 5.00. The van der Waals surface area contributed by atoms with Gasteiger partial charge in [0.15, 0.2) is 0 Å². The predicted octanol–water partition coefficient (Wildman–Crippen LogP) is 0.562. The summed E-state index contributed by atoms with van der Waals surface area (Å²) in [6.07, 6.45) is 2.97. The van der Waals surface area contributed by atoms with Gasteiger partial charge in [0.2, 0.25) is 5.91 Å². The zero-order valence-electron chi connectivity index (χ0n) is 11.3. The maximum atomic E-state index is 11.9. The van der Waals surface area contributed by atoms with Gasteiger partial charge in [0, 0.05) is 51.6 Å². The Labute approximate surface area is 110 Å². The zero-order valence-corrected chi connectivity index (χ0v) is 11.3. The van der Waals surface area contributed by atoms with Crippen LogP contribution in [0.3, 0.4) is 0 Å². The fraction of sp³-hybridized carbons (Fsp3) is 0.846. The molecular formula is C13H24N4O. The SMILES string of the molecule is CC(N)CCCC(=O)N1CCN(CCC#N)CC1. The lowest BCUT2D eigenvalue weighted by Gasteiger charge is -2.34. The standard InChI is InChI=1S/C13H24N4O/c1-12(15)4-2-5-13(18)17-10-8-16(9-11-17)7-3-6-14/h12H,2-5,7-11,15H2,1H3. The molecule has 0 radical (unpaired) electrons. The van der Waals surface area contributed by atoms with Gasteiger partial charge in [-0.05, 0) is 19.8 Å². The first kappa shape index (κ1) is 14.9. The first-order chi connectivity index (χ1) is 8.63. The van der Waals surface area contributed by atoms with E-state index in [0.29, 0.717) is 12.8 Å². The average Bonchev–Trinajstić information content (AvgIpc) is 2.36. The lowest BCUT2D eigenvalue weighted by molar-refractivity contribution is -0.133. The van der Waals surface area contributed by atoms with Crippen LogP contribution >= 0.6 is 0 Å². The lowest BCUT2D eigenvalue weighted by atomic mass is 10.1. The highest BCUT2D eigenvalue weighted by atomic mass is 16.2. The Morgan fingerprint density at radius 3 is 2.61 bits per heavy atom. The molecule has 18 heavy (non-hydrogen) atoms. The predicted molar refractivity (Wildman–Crippen MR) is 70.8 cm³/mol. The minimum absolute atomic E-state index is 0.181. The van der Waals surface area contributed by atoms with Gasteiger partial charge in [-0.15, -0.1) is 0 Å². The van der Waals surface area contributed by atoms with Crippen molar-refractivity contribution in [2.45, 2.75) is 38.6 Å². The van der Waals surface area contributed by atoms with Gasteiger partial charge in [-0.1, -0.05) is 0 Å². The molecule has 1 aliphatic heterocycles. The maximum Gasteiger partial charge on any atom is 0.222 e. The molecule has 2 N–H and O–H groups in total. The summed E-state index contributed by atoms with van der Waals surface area (Å²) in [6.45, 7) is 6.16. The van der Waals surface area contributed by atoms with Gasteiger partial charge in [0.25, 0.3) is 0 Å². The summed E-state index contributed by atoms with van der Waals surface area (Å²) in [6, 6.07) is 2.33. The van der Waals surface area contributed by atoms with Gasteiger partial charge in [0.1, 0.15) is 0 Å². The summed E-state index contributed by atoms with van der Waals surface area (Å²) < 4.78 is 0. The molecule has 1 unspecified atom stereocenters. The summed E-state index contributed by atoms with van der Waals surface area (Å²) in [5, 5.41) is 8.53. The molecule has 1 saturated heterocycles. The van der Waals surface area contributed by atoms with E-state index in [0.717, 1.165) is 45.6 Å². The second kappa shape index (κ2) is 8.06. The van der Waals surface area contributed by atoms with Crippen molar-refractivity contribution < 1.29 is 4.79 Å². The van der Waals surface area contributed by atoms with Gasteiger partial charge in [-0.2, -0.15) is 5.26 Å². The summed E-state index contributed by atoms with van der Waals surface area (Å²) >= 11 is 0. The number of piperazine rings is 1. The minimum Gasteiger partial charge on any atom is -0.340 e.